The molecule has 16 heteroatoms. The van der Waals surface area contributed by atoms with Crippen LogP contribution in [0.25, 0.3) is 0 Å². The van der Waals surface area contributed by atoms with Gasteiger partial charge in [-0.05, 0) is 74.9 Å². The van der Waals surface area contributed by atoms with Gasteiger partial charge in [0.05, 0.1) is 48.1 Å². The minimum Gasteiger partial charge on any atom is -0.459 e. The smallest absolute Gasteiger partial charge is 0.311 e. The molecule has 16 nitrogen and oxygen atoms in total. The van der Waals surface area contributed by atoms with Crippen LogP contribution in [0.15, 0.2) is 0 Å². The monoisotopic (exact) mass is 831 g/mol. The normalized spacial score (nSPS) is 44.9. The zero-order valence-corrected chi connectivity index (χ0v) is 37.6. The van der Waals surface area contributed by atoms with Gasteiger partial charge in [0.15, 0.2) is 24.8 Å². The fourth-order valence-electron chi connectivity index (χ4n) is 9.27. The van der Waals surface area contributed by atoms with Crippen LogP contribution < -0.4 is 0 Å². The minimum atomic E-state index is -2.00. The average Bonchev–Trinajstić information content (AvgIpc) is 3.14. The second-order valence-electron chi connectivity index (χ2n) is 17.8. The zero-order chi connectivity index (χ0) is 44.2. The number of ether oxygens (including phenoxy) is 9. The van der Waals surface area contributed by atoms with Gasteiger partial charge in [-0.15, -0.1) is 0 Å². The minimum absolute atomic E-state index is 0.0691. The van der Waals surface area contributed by atoms with E-state index in [0.29, 0.717) is 6.42 Å². The number of esters is 3. The molecule has 0 aliphatic carbocycles. The van der Waals surface area contributed by atoms with Crippen LogP contribution in [-0.2, 0) is 61.8 Å². The summed E-state index contributed by atoms with van der Waals surface area (Å²) >= 11 is 0. The first-order valence-electron chi connectivity index (χ1n) is 20.7. The van der Waals surface area contributed by atoms with E-state index in [1.807, 2.05) is 32.8 Å². The van der Waals surface area contributed by atoms with Crippen LogP contribution in [-0.4, -0.2) is 151 Å². The number of rotatable bonds is 10. The Bertz CT molecular complexity index is 1410. The maximum atomic E-state index is 14.4. The van der Waals surface area contributed by atoms with E-state index in [1.54, 1.807) is 48.5 Å². The van der Waals surface area contributed by atoms with E-state index in [4.69, 9.17) is 42.6 Å². The summed E-state index contributed by atoms with van der Waals surface area (Å²) in [6.45, 7) is 19.6. The molecule has 3 aliphatic heterocycles. The summed E-state index contributed by atoms with van der Waals surface area (Å²) in [4.78, 5) is 55.1. The molecule has 0 amide bonds. The molecule has 3 heterocycles. The summed E-state index contributed by atoms with van der Waals surface area (Å²) in [6, 6.07) is -0.295. The molecule has 1 unspecified atom stereocenters. The van der Waals surface area contributed by atoms with E-state index in [2.05, 4.69) is 0 Å². The van der Waals surface area contributed by atoms with Gasteiger partial charge in [0.1, 0.15) is 23.1 Å². The Morgan fingerprint density at radius 1 is 0.828 bits per heavy atom. The van der Waals surface area contributed by atoms with Crippen molar-refractivity contribution in [2.24, 2.45) is 23.7 Å². The molecular formula is C42H73NO15. The number of carbonyl (C=O) groups excluding carboxylic acids is 4. The standard InChI is InChI=1S/C42H73NO15/c1-17-30-42(12,49)35(47)23(4)32(46)21(2)19-40(10,50-15)36(58-39-34(54-27(8)44)29(43(13)14)18-22(3)52-39)24(5)33(25(6)38(48)56-30)57-31-20-41(11,51-16)37(26(7)53-31)55-28(9)45/h21-26,29-31,33-37,39,47,49H,17-20H2,1-16H3/t21-,22+,23-,24+,25+,26+,29-,30-,31?,33+,34-,35+,36-,37-,39-,40-,41+,42+/m0/s1. The maximum Gasteiger partial charge on any atom is 0.311 e. The Morgan fingerprint density at radius 3 is 1.91 bits per heavy atom. The molecule has 0 bridgehead atoms. The van der Waals surface area contributed by atoms with Gasteiger partial charge in [-0.3, -0.25) is 19.2 Å². The number of carbonyl (C=O) groups is 4. The molecule has 3 aliphatic rings. The Balaban J connectivity index is 2.28. The van der Waals surface area contributed by atoms with Crippen molar-refractivity contribution in [3.63, 3.8) is 0 Å². The molecule has 2 N–H and O–H groups in total. The molecule has 0 aromatic rings. The Morgan fingerprint density at radius 2 is 1.40 bits per heavy atom. The van der Waals surface area contributed by atoms with E-state index >= 15 is 0 Å². The van der Waals surface area contributed by atoms with Crippen LogP contribution >= 0.6 is 0 Å². The van der Waals surface area contributed by atoms with Gasteiger partial charge in [0, 0.05) is 52.2 Å². The number of methoxy groups -OCH3 is 2. The van der Waals surface area contributed by atoms with Gasteiger partial charge in [-0.25, -0.2) is 0 Å². The first kappa shape index (κ1) is 50.1. The summed E-state index contributed by atoms with van der Waals surface area (Å²) in [5.74, 6) is -5.76. The highest BCUT2D eigenvalue weighted by molar-refractivity contribution is 5.83. The van der Waals surface area contributed by atoms with Gasteiger partial charge in [0.25, 0.3) is 0 Å². The molecule has 0 aromatic heterocycles. The lowest BCUT2D eigenvalue weighted by Crippen LogP contribution is -2.62. The number of ketones is 1. The Hall–Kier alpha value is -2.28. The highest BCUT2D eigenvalue weighted by Crippen LogP contribution is 2.42. The number of nitrogens with zero attached hydrogens (tertiary/aromatic N) is 1. The largest absolute Gasteiger partial charge is 0.459 e. The second kappa shape index (κ2) is 20.1. The van der Waals surface area contributed by atoms with Crippen molar-refractivity contribution in [1.29, 1.82) is 0 Å². The second-order valence-corrected chi connectivity index (χ2v) is 17.8. The van der Waals surface area contributed by atoms with Crippen molar-refractivity contribution < 1.29 is 72.0 Å². The highest BCUT2D eigenvalue weighted by atomic mass is 16.7. The van der Waals surface area contributed by atoms with Gasteiger partial charge in [0.2, 0.25) is 0 Å². The quantitative estimate of drug-likeness (QED) is 0.239. The molecule has 3 saturated heterocycles. The molecule has 336 valence electrons. The lowest BCUT2D eigenvalue weighted by Gasteiger charge is -2.50. The lowest BCUT2D eigenvalue weighted by molar-refractivity contribution is -0.320. The summed E-state index contributed by atoms with van der Waals surface area (Å²) in [6.07, 6.45) is -8.86. The van der Waals surface area contributed by atoms with Crippen LogP contribution in [0, 0.1) is 23.7 Å². The van der Waals surface area contributed by atoms with Crippen LogP contribution in [0.5, 0.6) is 0 Å². The van der Waals surface area contributed by atoms with Crippen LogP contribution in [0.2, 0.25) is 0 Å². The predicted molar refractivity (Wildman–Crippen MR) is 210 cm³/mol. The molecule has 0 saturated carbocycles. The van der Waals surface area contributed by atoms with Crippen molar-refractivity contribution >= 4 is 23.7 Å². The third-order valence-electron chi connectivity index (χ3n) is 12.8. The van der Waals surface area contributed by atoms with E-state index in [0.717, 1.165) is 0 Å². The van der Waals surface area contributed by atoms with Gasteiger partial charge in [-0.2, -0.15) is 0 Å². The number of aliphatic hydroxyl groups is 2. The molecular weight excluding hydrogens is 758 g/mol. The van der Waals surface area contributed by atoms with Crippen LogP contribution in [0.1, 0.15) is 109 Å². The van der Waals surface area contributed by atoms with Crippen molar-refractivity contribution in [3.8, 4) is 0 Å². The molecule has 0 aromatic carbocycles. The number of hydrogen-bond acceptors (Lipinski definition) is 16. The lowest BCUT2D eigenvalue weighted by atomic mass is 9.74. The third kappa shape index (κ3) is 11.1. The summed E-state index contributed by atoms with van der Waals surface area (Å²) in [7, 11) is 6.76. The molecule has 0 spiro atoms. The van der Waals surface area contributed by atoms with E-state index in [9.17, 15) is 29.4 Å². The Kier molecular flexibility index (Phi) is 17.3. The fraction of sp³-hybridized carbons (Fsp3) is 0.905. The van der Waals surface area contributed by atoms with E-state index in [1.165, 1.54) is 35.0 Å². The summed E-state index contributed by atoms with van der Waals surface area (Å²) in [5, 5.41) is 23.3. The van der Waals surface area contributed by atoms with Crippen molar-refractivity contribution in [3.05, 3.63) is 0 Å². The van der Waals surface area contributed by atoms with Gasteiger partial charge >= 0.3 is 17.9 Å². The Labute approximate surface area is 345 Å². The maximum absolute atomic E-state index is 14.4. The van der Waals surface area contributed by atoms with E-state index < -0.39 is 114 Å². The molecule has 0 radical (unpaired) electrons. The molecule has 58 heavy (non-hydrogen) atoms. The van der Waals surface area contributed by atoms with Crippen molar-refractivity contribution in [2.75, 3.05) is 28.3 Å². The topological polar surface area (TPSA) is 195 Å². The van der Waals surface area contributed by atoms with Gasteiger partial charge in [-0.1, -0.05) is 27.7 Å². The molecule has 3 rings (SSSR count). The summed E-state index contributed by atoms with van der Waals surface area (Å²) in [5.41, 5.74) is -4.37. The van der Waals surface area contributed by atoms with Crippen molar-refractivity contribution in [2.45, 2.75) is 193 Å². The first-order chi connectivity index (χ1) is 26.8. The fourth-order valence-corrected chi connectivity index (χ4v) is 9.27. The van der Waals surface area contributed by atoms with Crippen molar-refractivity contribution in [1.82, 2.24) is 4.90 Å². The zero-order valence-electron chi connectivity index (χ0n) is 37.6. The third-order valence-corrected chi connectivity index (χ3v) is 12.8. The number of hydrogen-bond donors (Lipinski definition) is 2. The van der Waals surface area contributed by atoms with E-state index in [-0.39, 0.29) is 37.2 Å². The average molecular weight is 832 g/mol. The molecule has 18 atom stereocenters. The number of aliphatic hydroxyl groups excluding tert-OH is 1. The summed E-state index contributed by atoms with van der Waals surface area (Å²) < 4.78 is 56.4. The van der Waals surface area contributed by atoms with Crippen LogP contribution in [0.4, 0.5) is 0 Å². The number of cyclic esters (lactones) is 1. The molecule has 3 fully saturated rings. The van der Waals surface area contributed by atoms with Crippen LogP contribution in [0.3, 0.4) is 0 Å². The number of Topliss-reactive ketones (excluding diaryl/α,β-unsaturated/α-hetero) is 1. The predicted octanol–water partition coefficient (Wildman–Crippen LogP) is 3.58. The SMILES string of the molecule is CC[C@@H]1OC(=O)[C@H](C)[C@H](OC2C[C@@](C)(OC)[C@@H](OC(C)=O)[C@@H](C)O2)[C@@H](C)[C@H](O[C@@H]2O[C@H](C)C[C@H](N(C)C)[C@@H]2OC(C)=O)[C@@](C)(OC)C[C@H](C)C(=O)[C@H](C)[C@@H](O)[C@]1(C)O. The number of likely N-dealkylation sites (N-methyl/N-ethyl adjacent to an activating group) is 1. The first-order valence-corrected chi connectivity index (χ1v) is 20.7. The highest BCUT2D eigenvalue weighted by Gasteiger charge is 2.55. The van der Waals surface area contributed by atoms with Gasteiger partial charge < -0.3 is 57.7 Å².